The Kier molecular flexibility index (Phi) is 2.81. The average Bonchev–Trinajstić information content (AvgIpc) is 2.94. The minimum Gasteiger partial charge on any atom is -0.386 e. The van der Waals surface area contributed by atoms with Gasteiger partial charge >= 0.3 is 0 Å². The maximum Gasteiger partial charge on any atom is 0.175 e. The Bertz CT molecular complexity index is 605. The summed E-state index contributed by atoms with van der Waals surface area (Å²) in [6.45, 7) is 0. The highest BCUT2D eigenvalue weighted by molar-refractivity contribution is 5.81. The van der Waals surface area contributed by atoms with Crippen LogP contribution in [0.15, 0.2) is 12.7 Å². The molecule has 2 aromatic heterocycles. The molecule has 1 fully saturated rings. The van der Waals surface area contributed by atoms with Crippen LogP contribution < -0.4 is 11.1 Å². The number of hydrogen-bond acceptors (Lipinski definition) is 7. The number of rotatable bonds is 2. The lowest BCUT2D eigenvalue weighted by Gasteiger charge is -2.14. The molecule has 4 N–H and O–H groups in total. The summed E-state index contributed by atoms with van der Waals surface area (Å²) in [6.07, 6.45) is -2.00. The topological polar surface area (TPSA) is 111 Å². The van der Waals surface area contributed by atoms with E-state index in [-0.39, 0.29) is 5.82 Å². The molecule has 1 saturated heterocycles. The highest BCUT2D eigenvalue weighted by atomic mass is 19.1. The van der Waals surface area contributed by atoms with Gasteiger partial charge in [-0.05, 0) is 7.05 Å². The Hall–Kier alpha value is -1.84. The zero-order valence-electron chi connectivity index (χ0n) is 10.1. The highest BCUT2D eigenvalue weighted by Crippen LogP contribution is 2.32. The third-order valence-corrected chi connectivity index (χ3v) is 3.14. The van der Waals surface area contributed by atoms with E-state index in [9.17, 15) is 9.50 Å². The predicted octanol–water partition coefficient (Wildman–Crippen LogP) is -0.818. The maximum absolute atomic E-state index is 14.1. The van der Waals surface area contributed by atoms with Gasteiger partial charge in [-0.1, -0.05) is 0 Å². The van der Waals surface area contributed by atoms with E-state index in [1.54, 1.807) is 7.05 Å². The predicted molar refractivity (Wildman–Crippen MR) is 63.6 cm³/mol. The van der Waals surface area contributed by atoms with Gasteiger partial charge in [-0.2, -0.15) is 0 Å². The van der Waals surface area contributed by atoms with Gasteiger partial charge in [-0.3, -0.25) is 9.88 Å². The number of aliphatic hydroxyl groups excluding tert-OH is 1. The fourth-order valence-corrected chi connectivity index (χ4v) is 2.16. The largest absolute Gasteiger partial charge is 0.386 e. The van der Waals surface area contributed by atoms with E-state index >= 15 is 0 Å². The van der Waals surface area contributed by atoms with Crippen molar-refractivity contribution in [3.63, 3.8) is 0 Å². The third kappa shape index (κ3) is 1.74. The Morgan fingerprint density at radius 1 is 1.47 bits per heavy atom. The van der Waals surface area contributed by atoms with E-state index in [0.717, 1.165) is 0 Å². The summed E-state index contributed by atoms with van der Waals surface area (Å²) in [6, 6.07) is 0. The van der Waals surface area contributed by atoms with E-state index < -0.39 is 24.7 Å². The minimum atomic E-state index is -1.59. The standard InChI is InChI=1S/C10H13FN6O2/c1-13-9-6(18)4(11)10(19-9)17-3-16-5-7(12)14-2-15-8(5)17/h2-4,6,9-10,13,18H,1H3,(H2,12,14,15). The van der Waals surface area contributed by atoms with Crippen LogP contribution in [0.2, 0.25) is 0 Å². The van der Waals surface area contributed by atoms with Gasteiger partial charge in [0, 0.05) is 0 Å². The van der Waals surface area contributed by atoms with Crippen molar-refractivity contribution in [3.8, 4) is 0 Å². The molecule has 0 aliphatic carbocycles. The lowest BCUT2D eigenvalue weighted by Crippen LogP contribution is -2.37. The van der Waals surface area contributed by atoms with E-state index in [1.165, 1.54) is 17.2 Å². The molecule has 8 nitrogen and oxygen atoms in total. The van der Waals surface area contributed by atoms with Gasteiger partial charge in [0.2, 0.25) is 0 Å². The number of ether oxygens (including phenoxy) is 1. The number of nitrogens with two attached hydrogens (primary N) is 1. The zero-order valence-corrected chi connectivity index (χ0v) is 10.1. The molecule has 0 amide bonds. The lowest BCUT2D eigenvalue weighted by molar-refractivity contribution is -0.0348. The number of halogens is 1. The summed E-state index contributed by atoms with van der Waals surface area (Å²) in [4.78, 5) is 11.9. The number of alkyl halides is 1. The van der Waals surface area contributed by atoms with Crippen LogP contribution in [0.5, 0.6) is 0 Å². The van der Waals surface area contributed by atoms with Crippen LogP contribution in [0.1, 0.15) is 6.23 Å². The first kappa shape index (κ1) is 12.2. The zero-order chi connectivity index (χ0) is 13.6. The Labute approximate surface area is 107 Å². The molecule has 0 aromatic carbocycles. The first-order valence-corrected chi connectivity index (χ1v) is 5.71. The number of nitrogens with zero attached hydrogens (tertiary/aromatic N) is 4. The number of aliphatic hydroxyl groups is 1. The molecule has 3 heterocycles. The summed E-state index contributed by atoms with van der Waals surface area (Å²) in [5.74, 6) is 0.211. The second kappa shape index (κ2) is 4.37. The summed E-state index contributed by atoms with van der Waals surface area (Å²) in [7, 11) is 1.58. The molecule has 0 spiro atoms. The van der Waals surface area contributed by atoms with Crippen molar-refractivity contribution in [2.24, 2.45) is 0 Å². The number of hydrogen-bond donors (Lipinski definition) is 3. The van der Waals surface area contributed by atoms with Crippen molar-refractivity contribution in [2.75, 3.05) is 12.8 Å². The van der Waals surface area contributed by atoms with Crippen LogP contribution in [-0.2, 0) is 4.74 Å². The molecule has 1 aliphatic rings. The third-order valence-electron chi connectivity index (χ3n) is 3.14. The van der Waals surface area contributed by atoms with Gasteiger partial charge < -0.3 is 15.6 Å². The van der Waals surface area contributed by atoms with Crippen LogP contribution in [0, 0.1) is 0 Å². The van der Waals surface area contributed by atoms with Crippen molar-refractivity contribution in [1.29, 1.82) is 0 Å². The van der Waals surface area contributed by atoms with E-state index in [0.29, 0.717) is 11.2 Å². The molecular formula is C10H13FN6O2. The normalized spacial score (nSPS) is 31.1. The number of nitrogen functional groups attached to an aromatic ring is 1. The molecule has 0 bridgehead atoms. The number of nitrogens with one attached hydrogen (secondary N) is 1. The first-order chi connectivity index (χ1) is 9.13. The van der Waals surface area contributed by atoms with Gasteiger partial charge in [0.05, 0.1) is 6.33 Å². The van der Waals surface area contributed by atoms with Gasteiger partial charge in [0.15, 0.2) is 23.9 Å². The summed E-state index contributed by atoms with van der Waals surface area (Å²) in [5, 5.41) is 12.4. The number of aromatic nitrogens is 4. The molecule has 0 radical (unpaired) electrons. The molecule has 3 rings (SSSR count). The number of fused-ring (bicyclic) bond motifs is 1. The quantitative estimate of drug-likeness (QED) is 0.652. The summed E-state index contributed by atoms with van der Waals surface area (Å²) in [5.41, 5.74) is 6.40. The maximum atomic E-state index is 14.1. The monoisotopic (exact) mass is 268 g/mol. The van der Waals surface area contributed by atoms with Crippen molar-refractivity contribution < 1.29 is 14.2 Å². The Balaban J connectivity index is 2.04. The van der Waals surface area contributed by atoms with Crippen LogP contribution >= 0.6 is 0 Å². The fourth-order valence-electron chi connectivity index (χ4n) is 2.16. The van der Waals surface area contributed by atoms with Crippen LogP contribution in [0.3, 0.4) is 0 Å². The second-order valence-electron chi connectivity index (χ2n) is 4.25. The molecule has 0 saturated carbocycles. The second-order valence-corrected chi connectivity index (χ2v) is 4.25. The van der Waals surface area contributed by atoms with Crippen LogP contribution in [0.4, 0.5) is 10.2 Å². The van der Waals surface area contributed by atoms with Crippen molar-refractivity contribution >= 4 is 17.0 Å². The fraction of sp³-hybridized carbons (Fsp3) is 0.500. The van der Waals surface area contributed by atoms with E-state index in [1.807, 2.05) is 0 Å². The van der Waals surface area contributed by atoms with E-state index in [4.69, 9.17) is 10.5 Å². The first-order valence-electron chi connectivity index (χ1n) is 5.71. The molecule has 2 aromatic rings. The van der Waals surface area contributed by atoms with Crippen LogP contribution in [-0.4, -0.2) is 50.2 Å². The number of imidazole rings is 1. The smallest absolute Gasteiger partial charge is 0.175 e. The number of likely N-dealkylation sites (N-methyl/N-ethyl adjacent to an activating group) is 1. The minimum absolute atomic E-state index is 0.211. The van der Waals surface area contributed by atoms with Gasteiger partial charge in [0.1, 0.15) is 24.2 Å². The summed E-state index contributed by atoms with van der Waals surface area (Å²) >= 11 is 0. The van der Waals surface area contributed by atoms with E-state index in [2.05, 4.69) is 20.3 Å². The van der Waals surface area contributed by atoms with Gasteiger partial charge in [-0.15, -0.1) is 0 Å². The molecule has 1 aliphatic heterocycles. The molecular weight excluding hydrogens is 255 g/mol. The molecule has 102 valence electrons. The molecule has 19 heavy (non-hydrogen) atoms. The van der Waals surface area contributed by atoms with Crippen LogP contribution in [0.25, 0.3) is 11.2 Å². The van der Waals surface area contributed by atoms with Crippen molar-refractivity contribution in [2.45, 2.75) is 24.7 Å². The SMILES string of the molecule is CNC1OC(n2cnc3c(N)ncnc32)C(F)C1O. The van der Waals surface area contributed by atoms with Gasteiger partial charge in [0.25, 0.3) is 0 Å². The Morgan fingerprint density at radius 2 is 2.26 bits per heavy atom. The number of anilines is 1. The van der Waals surface area contributed by atoms with Gasteiger partial charge in [-0.25, -0.2) is 19.3 Å². The lowest BCUT2D eigenvalue weighted by atomic mass is 10.2. The molecule has 4 atom stereocenters. The summed E-state index contributed by atoms with van der Waals surface area (Å²) < 4.78 is 20.9. The molecule has 4 unspecified atom stereocenters. The Morgan fingerprint density at radius 3 is 2.95 bits per heavy atom. The molecule has 9 heteroatoms. The van der Waals surface area contributed by atoms with Crippen molar-refractivity contribution in [1.82, 2.24) is 24.8 Å². The highest BCUT2D eigenvalue weighted by Gasteiger charge is 2.45. The average molecular weight is 268 g/mol. The van der Waals surface area contributed by atoms with Crippen molar-refractivity contribution in [3.05, 3.63) is 12.7 Å².